The summed E-state index contributed by atoms with van der Waals surface area (Å²) in [5, 5.41) is 0. The van der Waals surface area contributed by atoms with Gasteiger partial charge < -0.3 is 0 Å². The van der Waals surface area contributed by atoms with E-state index in [0.717, 1.165) is 18.4 Å². The summed E-state index contributed by atoms with van der Waals surface area (Å²) in [6.07, 6.45) is 3.48. The largest absolute Gasteiger partial charge is 0.244 e. The number of alkyl halides is 1. The predicted octanol–water partition coefficient (Wildman–Crippen LogP) is 4.00. The van der Waals surface area contributed by atoms with E-state index in [1.54, 1.807) is 16.4 Å². The van der Waals surface area contributed by atoms with E-state index in [9.17, 15) is 8.42 Å². The molecule has 0 heterocycles. The lowest BCUT2D eigenvalue weighted by Gasteiger charge is -2.31. The van der Waals surface area contributed by atoms with E-state index in [4.69, 9.17) is 11.6 Å². The van der Waals surface area contributed by atoms with E-state index in [0.29, 0.717) is 34.3 Å². The average molecular weight is 381 g/mol. The van der Waals surface area contributed by atoms with Gasteiger partial charge in [0.1, 0.15) is 0 Å². The molecule has 1 aromatic rings. The van der Waals surface area contributed by atoms with Crippen molar-refractivity contribution < 1.29 is 8.42 Å². The molecule has 0 radical (unpaired) electrons. The molecule has 2 rings (SSSR count). The monoisotopic (exact) mass is 379 g/mol. The number of hydrogen-bond donors (Lipinski definition) is 0. The lowest BCUT2D eigenvalue weighted by molar-refractivity contribution is 0.250. The summed E-state index contributed by atoms with van der Waals surface area (Å²) in [7, 11) is -3.46. The first kappa shape index (κ1) is 16.3. The third kappa shape index (κ3) is 3.38. The number of hydrogen-bond acceptors (Lipinski definition) is 2. The number of rotatable bonds is 6. The Balaban J connectivity index is 2.31. The van der Waals surface area contributed by atoms with Crippen molar-refractivity contribution in [3.05, 3.63) is 28.2 Å². The maximum Gasteiger partial charge on any atom is 0.244 e. The Morgan fingerprint density at radius 3 is 2.60 bits per heavy atom. The Morgan fingerprint density at radius 2 is 2.10 bits per heavy atom. The predicted molar refractivity (Wildman–Crippen MR) is 85.5 cm³/mol. The summed E-state index contributed by atoms with van der Waals surface area (Å²) in [4.78, 5) is 0.317. The van der Waals surface area contributed by atoms with E-state index in [1.807, 2.05) is 13.0 Å². The molecule has 0 N–H and O–H groups in total. The zero-order valence-electron chi connectivity index (χ0n) is 11.5. The van der Waals surface area contributed by atoms with Crippen LogP contribution in [0.4, 0.5) is 0 Å². The highest BCUT2D eigenvalue weighted by molar-refractivity contribution is 9.10. The SMILES string of the molecule is CCN(CC1CCC1)S(=O)(=O)c1cc(CCl)ccc1Br. The molecule has 112 valence electrons. The van der Waals surface area contributed by atoms with Crippen molar-refractivity contribution in [3.8, 4) is 0 Å². The van der Waals surface area contributed by atoms with Gasteiger partial charge in [0.2, 0.25) is 10.0 Å². The fourth-order valence-corrected chi connectivity index (χ4v) is 4.99. The van der Waals surface area contributed by atoms with Gasteiger partial charge in [0.25, 0.3) is 0 Å². The maximum absolute atomic E-state index is 12.8. The van der Waals surface area contributed by atoms with E-state index < -0.39 is 10.0 Å². The number of nitrogens with zero attached hydrogens (tertiary/aromatic N) is 1. The Kier molecular flexibility index (Phi) is 5.51. The fraction of sp³-hybridized carbons (Fsp3) is 0.571. The molecule has 1 saturated carbocycles. The van der Waals surface area contributed by atoms with Gasteiger partial charge in [-0.15, -0.1) is 11.6 Å². The highest BCUT2D eigenvalue weighted by Gasteiger charge is 2.29. The summed E-state index contributed by atoms with van der Waals surface area (Å²) in [6, 6.07) is 5.25. The zero-order valence-corrected chi connectivity index (χ0v) is 14.6. The van der Waals surface area contributed by atoms with Crippen LogP contribution in [0.15, 0.2) is 27.6 Å². The highest BCUT2D eigenvalue weighted by Crippen LogP contribution is 2.31. The molecule has 1 aliphatic carbocycles. The van der Waals surface area contributed by atoms with E-state index in [1.165, 1.54) is 6.42 Å². The van der Waals surface area contributed by atoms with Crippen LogP contribution in [0.3, 0.4) is 0 Å². The van der Waals surface area contributed by atoms with Crippen LogP contribution in [0.25, 0.3) is 0 Å². The topological polar surface area (TPSA) is 37.4 Å². The second-order valence-corrected chi connectivity index (χ2v) is 8.18. The Morgan fingerprint density at radius 1 is 1.40 bits per heavy atom. The molecule has 6 heteroatoms. The van der Waals surface area contributed by atoms with Gasteiger partial charge in [-0.25, -0.2) is 8.42 Å². The van der Waals surface area contributed by atoms with Crippen LogP contribution in [0.1, 0.15) is 31.7 Å². The third-order valence-corrected chi connectivity index (χ3v) is 7.05. The van der Waals surface area contributed by atoms with E-state index in [-0.39, 0.29) is 0 Å². The first-order valence-corrected chi connectivity index (χ1v) is 9.60. The lowest BCUT2D eigenvalue weighted by Crippen LogP contribution is -2.37. The molecule has 1 aliphatic rings. The quantitative estimate of drug-likeness (QED) is 0.700. The van der Waals surface area contributed by atoms with Crippen LogP contribution < -0.4 is 0 Å². The number of halogens is 2. The summed E-state index contributed by atoms with van der Waals surface area (Å²) in [5.41, 5.74) is 0.813. The van der Waals surface area contributed by atoms with Gasteiger partial charge in [-0.05, 0) is 52.4 Å². The van der Waals surface area contributed by atoms with Crippen LogP contribution in [-0.4, -0.2) is 25.8 Å². The van der Waals surface area contributed by atoms with Gasteiger partial charge in [-0.1, -0.05) is 19.4 Å². The third-order valence-electron chi connectivity index (χ3n) is 3.81. The van der Waals surface area contributed by atoms with Gasteiger partial charge in [-0.3, -0.25) is 0 Å². The molecule has 0 saturated heterocycles. The summed E-state index contributed by atoms with van der Waals surface area (Å²) >= 11 is 9.15. The molecule has 1 fully saturated rings. The van der Waals surface area contributed by atoms with Gasteiger partial charge in [0.05, 0.1) is 4.90 Å². The second kappa shape index (κ2) is 6.77. The average Bonchev–Trinajstić information content (AvgIpc) is 2.37. The molecular formula is C14H19BrClNO2S. The highest BCUT2D eigenvalue weighted by atomic mass is 79.9. The van der Waals surface area contributed by atoms with Gasteiger partial charge in [0.15, 0.2) is 0 Å². The number of benzene rings is 1. The van der Waals surface area contributed by atoms with Crippen molar-refractivity contribution in [1.29, 1.82) is 0 Å². The summed E-state index contributed by atoms with van der Waals surface area (Å²) in [5.74, 6) is 0.824. The number of sulfonamides is 1. The van der Waals surface area contributed by atoms with Crippen LogP contribution >= 0.6 is 27.5 Å². The van der Waals surface area contributed by atoms with Crippen LogP contribution in [-0.2, 0) is 15.9 Å². The molecular weight excluding hydrogens is 362 g/mol. The standard InChI is InChI=1S/C14H19BrClNO2S/c1-2-17(10-11-4-3-5-11)20(18,19)14-8-12(9-16)6-7-13(14)15/h6-8,11H,2-5,9-10H2,1H3. The minimum absolute atomic E-state index is 0.310. The van der Waals surface area contributed by atoms with Crippen molar-refractivity contribution in [2.24, 2.45) is 5.92 Å². The van der Waals surface area contributed by atoms with E-state index in [2.05, 4.69) is 15.9 Å². The normalized spacial score (nSPS) is 16.4. The van der Waals surface area contributed by atoms with Crippen LogP contribution in [0.2, 0.25) is 0 Å². The van der Waals surface area contributed by atoms with Crippen molar-refractivity contribution >= 4 is 37.6 Å². The van der Waals surface area contributed by atoms with E-state index >= 15 is 0 Å². The molecule has 3 nitrogen and oxygen atoms in total. The molecule has 0 bridgehead atoms. The van der Waals surface area contributed by atoms with Crippen LogP contribution in [0.5, 0.6) is 0 Å². The van der Waals surface area contributed by atoms with Gasteiger partial charge in [0, 0.05) is 23.4 Å². The Hall–Kier alpha value is -0.100. The van der Waals surface area contributed by atoms with Gasteiger partial charge >= 0.3 is 0 Å². The molecule has 0 aromatic heterocycles. The Labute approximate surface area is 134 Å². The van der Waals surface area contributed by atoms with Crippen molar-refractivity contribution in [2.75, 3.05) is 13.1 Å². The maximum atomic E-state index is 12.8. The fourth-order valence-electron chi connectivity index (χ4n) is 2.33. The first-order chi connectivity index (χ1) is 9.48. The first-order valence-electron chi connectivity index (χ1n) is 6.83. The van der Waals surface area contributed by atoms with Crippen LogP contribution in [0, 0.1) is 5.92 Å². The summed E-state index contributed by atoms with van der Waals surface area (Å²) < 4.78 is 27.7. The molecule has 0 amide bonds. The summed E-state index contributed by atoms with van der Waals surface area (Å²) in [6.45, 7) is 3.00. The molecule has 0 aliphatic heterocycles. The zero-order chi connectivity index (χ0) is 14.8. The molecule has 1 aromatic carbocycles. The van der Waals surface area contributed by atoms with Gasteiger partial charge in [-0.2, -0.15) is 4.31 Å². The molecule has 0 atom stereocenters. The molecule has 0 spiro atoms. The minimum Gasteiger partial charge on any atom is -0.207 e. The van der Waals surface area contributed by atoms with Crippen molar-refractivity contribution in [2.45, 2.75) is 37.0 Å². The van der Waals surface area contributed by atoms with Crippen molar-refractivity contribution in [1.82, 2.24) is 4.31 Å². The Bertz CT molecular complexity index is 573. The minimum atomic E-state index is -3.46. The smallest absolute Gasteiger partial charge is 0.207 e. The molecule has 0 unspecified atom stereocenters. The lowest BCUT2D eigenvalue weighted by atomic mass is 9.85. The second-order valence-electron chi connectivity index (χ2n) is 5.15. The molecule has 20 heavy (non-hydrogen) atoms. The van der Waals surface area contributed by atoms with Crippen molar-refractivity contribution in [3.63, 3.8) is 0 Å².